The predicted octanol–water partition coefficient (Wildman–Crippen LogP) is 3.51. The topological polar surface area (TPSA) is 73.7 Å². The van der Waals surface area contributed by atoms with Gasteiger partial charge in [0.1, 0.15) is 12.0 Å². The normalized spacial score (nSPS) is 15.2. The fourth-order valence-electron chi connectivity index (χ4n) is 4.23. The van der Waals surface area contributed by atoms with Gasteiger partial charge in [-0.15, -0.1) is 0 Å². The number of aromatic amines is 1. The lowest BCUT2D eigenvalue weighted by Crippen LogP contribution is -2.43. The van der Waals surface area contributed by atoms with Gasteiger partial charge in [-0.25, -0.2) is 4.98 Å². The van der Waals surface area contributed by atoms with E-state index in [1.165, 1.54) is 0 Å². The number of likely N-dealkylation sites (N-methyl/N-ethyl adjacent to an activating group) is 1. The molecule has 1 saturated heterocycles. The van der Waals surface area contributed by atoms with E-state index in [0.29, 0.717) is 19.1 Å². The maximum Gasteiger partial charge on any atom is 0.298 e. The molecule has 33 heavy (non-hydrogen) atoms. The van der Waals surface area contributed by atoms with Gasteiger partial charge in [-0.3, -0.25) is 4.90 Å². The van der Waals surface area contributed by atoms with E-state index in [1.54, 1.807) is 19.7 Å². The fraction of sp³-hybridized carbons (Fsp3) is 0.360. The lowest BCUT2D eigenvalue weighted by Gasteiger charge is -2.31. The summed E-state index contributed by atoms with van der Waals surface area (Å²) in [6, 6.07) is 15.0. The zero-order chi connectivity index (χ0) is 22.6. The number of oxazole rings is 1. The monoisotopic (exact) mass is 446 g/mol. The van der Waals surface area contributed by atoms with E-state index in [-0.39, 0.29) is 0 Å². The minimum atomic E-state index is 0.629. The largest absolute Gasteiger partial charge is 0.497 e. The van der Waals surface area contributed by atoms with Gasteiger partial charge in [0.15, 0.2) is 0 Å². The molecule has 2 aromatic carbocycles. The molecular weight excluding hydrogens is 416 g/mol. The Balaban J connectivity index is 1.37. The molecule has 0 bridgehead atoms. The molecular formula is C25H30N6O2. The van der Waals surface area contributed by atoms with Crippen LogP contribution in [0.25, 0.3) is 11.0 Å². The van der Waals surface area contributed by atoms with Crippen LogP contribution < -0.4 is 9.64 Å². The second kappa shape index (κ2) is 9.64. The molecule has 0 spiro atoms. The van der Waals surface area contributed by atoms with Crippen molar-refractivity contribution in [3.05, 3.63) is 71.9 Å². The minimum absolute atomic E-state index is 0.629. The number of imidazole rings is 1. The third kappa shape index (κ3) is 5.18. The van der Waals surface area contributed by atoms with Crippen molar-refractivity contribution >= 4 is 17.0 Å². The molecule has 3 heterocycles. The molecule has 0 unspecified atom stereocenters. The minimum Gasteiger partial charge on any atom is -0.497 e. The first kappa shape index (κ1) is 21.5. The Morgan fingerprint density at radius 2 is 1.88 bits per heavy atom. The van der Waals surface area contributed by atoms with Gasteiger partial charge in [-0.2, -0.15) is 4.98 Å². The van der Waals surface area contributed by atoms with E-state index in [4.69, 9.17) is 14.1 Å². The second-order valence-electron chi connectivity index (χ2n) is 8.66. The van der Waals surface area contributed by atoms with Crippen molar-refractivity contribution in [1.29, 1.82) is 0 Å². The van der Waals surface area contributed by atoms with Crippen LogP contribution in [0.15, 0.2) is 59.5 Å². The van der Waals surface area contributed by atoms with Gasteiger partial charge in [0, 0.05) is 45.8 Å². The Hall–Kier alpha value is -3.36. The lowest BCUT2D eigenvalue weighted by molar-refractivity contribution is 0.147. The van der Waals surface area contributed by atoms with Gasteiger partial charge in [-0.05, 0) is 42.4 Å². The van der Waals surface area contributed by atoms with Crippen molar-refractivity contribution in [2.45, 2.75) is 19.6 Å². The highest BCUT2D eigenvalue weighted by atomic mass is 16.5. The van der Waals surface area contributed by atoms with E-state index >= 15 is 0 Å². The molecule has 4 aromatic rings. The van der Waals surface area contributed by atoms with Crippen LogP contribution in [0.2, 0.25) is 0 Å². The molecule has 1 N–H and O–H groups in total. The Morgan fingerprint density at radius 3 is 2.70 bits per heavy atom. The van der Waals surface area contributed by atoms with Crippen molar-refractivity contribution in [3.63, 3.8) is 0 Å². The van der Waals surface area contributed by atoms with Crippen LogP contribution >= 0.6 is 0 Å². The van der Waals surface area contributed by atoms with Crippen LogP contribution in [0.3, 0.4) is 0 Å². The molecule has 5 rings (SSSR count). The quantitative estimate of drug-likeness (QED) is 0.444. The SMILES string of the molecule is COc1cccc(CN(Cc2ccc3[nH]cnc3c2)c2nc(CN3CCN(C)CC3)co2)c1. The predicted molar refractivity (Wildman–Crippen MR) is 128 cm³/mol. The molecule has 8 nitrogen and oxygen atoms in total. The Labute approximate surface area is 193 Å². The van der Waals surface area contributed by atoms with Crippen molar-refractivity contribution in [3.8, 4) is 5.75 Å². The number of nitrogens with zero attached hydrogens (tertiary/aromatic N) is 5. The highest BCUT2D eigenvalue weighted by molar-refractivity contribution is 5.75. The zero-order valence-electron chi connectivity index (χ0n) is 19.2. The van der Waals surface area contributed by atoms with Gasteiger partial charge in [-0.1, -0.05) is 18.2 Å². The molecule has 0 amide bonds. The summed E-state index contributed by atoms with van der Waals surface area (Å²) < 4.78 is 11.4. The fourth-order valence-corrected chi connectivity index (χ4v) is 4.23. The maximum atomic E-state index is 5.99. The van der Waals surface area contributed by atoms with Gasteiger partial charge < -0.3 is 23.9 Å². The van der Waals surface area contributed by atoms with Gasteiger partial charge in [0.05, 0.1) is 30.2 Å². The van der Waals surface area contributed by atoms with Crippen LogP contribution in [0.1, 0.15) is 16.8 Å². The van der Waals surface area contributed by atoms with Crippen molar-refractivity contribution in [2.24, 2.45) is 0 Å². The number of rotatable bonds is 8. The molecule has 0 atom stereocenters. The number of fused-ring (bicyclic) bond motifs is 1. The number of piperazine rings is 1. The molecule has 0 saturated carbocycles. The number of hydrogen-bond acceptors (Lipinski definition) is 7. The first-order valence-electron chi connectivity index (χ1n) is 11.3. The summed E-state index contributed by atoms with van der Waals surface area (Å²) >= 11 is 0. The van der Waals surface area contributed by atoms with Gasteiger partial charge in [0.25, 0.3) is 6.01 Å². The van der Waals surface area contributed by atoms with E-state index in [9.17, 15) is 0 Å². The Kier molecular flexibility index (Phi) is 6.28. The second-order valence-corrected chi connectivity index (χ2v) is 8.66. The van der Waals surface area contributed by atoms with Crippen molar-refractivity contribution in [1.82, 2.24) is 24.8 Å². The molecule has 1 aliphatic heterocycles. The van der Waals surface area contributed by atoms with Crippen LogP contribution in [0.5, 0.6) is 5.75 Å². The standard InChI is InChI=1S/C25H30N6O2/c1-29-8-10-30(11-9-29)16-21-17-33-25(28-21)31(14-19-4-3-5-22(12-19)32-2)15-20-6-7-23-24(13-20)27-18-26-23/h3-7,12-13,17-18H,8-11,14-16H2,1-2H3,(H,26,27). The number of benzene rings is 2. The molecule has 0 aliphatic carbocycles. The molecule has 0 radical (unpaired) electrons. The smallest absolute Gasteiger partial charge is 0.298 e. The summed E-state index contributed by atoms with van der Waals surface area (Å²) in [6.45, 7) is 6.40. The first-order valence-corrected chi connectivity index (χ1v) is 11.3. The Morgan fingerprint density at radius 1 is 1.06 bits per heavy atom. The number of nitrogens with one attached hydrogen (secondary N) is 1. The van der Waals surface area contributed by atoms with Crippen LogP contribution in [0, 0.1) is 0 Å². The number of methoxy groups -OCH3 is 1. The number of aromatic nitrogens is 3. The third-order valence-corrected chi connectivity index (χ3v) is 6.16. The average molecular weight is 447 g/mol. The zero-order valence-corrected chi connectivity index (χ0v) is 19.2. The summed E-state index contributed by atoms with van der Waals surface area (Å²) in [5.74, 6) is 0.841. The number of ether oxygens (including phenoxy) is 1. The first-order chi connectivity index (χ1) is 16.2. The van der Waals surface area contributed by atoms with Crippen LogP contribution in [-0.4, -0.2) is 65.1 Å². The van der Waals surface area contributed by atoms with E-state index < -0.39 is 0 Å². The molecule has 172 valence electrons. The highest BCUT2D eigenvalue weighted by Crippen LogP contribution is 2.23. The summed E-state index contributed by atoms with van der Waals surface area (Å²) in [5, 5.41) is 0. The van der Waals surface area contributed by atoms with Crippen molar-refractivity contribution < 1.29 is 9.15 Å². The summed E-state index contributed by atoms with van der Waals surface area (Å²) in [7, 11) is 3.86. The molecule has 2 aromatic heterocycles. The molecule has 1 fully saturated rings. The van der Waals surface area contributed by atoms with E-state index in [2.05, 4.69) is 62.0 Å². The number of hydrogen-bond donors (Lipinski definition) is 1. The van der Waals surface area contributed by atoms with Crippen LogP contribution in [0.4, 0.5) is 6.01 Å². The van der Waals surface area contributed by atoms with Gasteiger partial charge >= 0.3 is 0 Å². The number of H-pyrrole nitrogens is 1. The average Bonchev–Trinajstić information content (AvgIpc) is 3.49. The maximum absolute atomic E-state index is 5.99. The summed E-state index contributed by atoms with van der Waals surface area (Å²) in [5.41, 5.74) is 5.24. The van der Waals surface area contributed by atoms with Crippen molar-refractivity contribution in [2.75, 3.05) is 45.2 Å². The summed E-state index contributed by atoms with van der Waals surface area (Å²) in [4.78, 5) is 19.4. The third-order valence-electron chi connectivity index (χ3n) is 6.16. The Bertz CT molecular complexity index is 1190. The lowest BCUT2D eigenvalue weighted by atomic mass is 10.1. The molecule has 1 aliphatic rings. The summed E-state index contributed by atoms with van der Waals surface area (Å²) in [6.07, 6.45) is 3.52. The van der Waals surface area contributed by atoms with E-state index in [1.807, 2.05) is 12.1 Å². The van der Waals surface area contributed by atoms with Gasteiger partial charge in [0.2, 0.25) is 0 Å². The van der Waals surface area contributed by atoms with Crippen LogP contribution in [-0.2, 0) is 19.6 Å². The number of anilines is 1. The molecule has 8 heteroatoms. The highest BCUT2D eigenvalue weighted by Gasteiger charge is 2.19. The van der Waals surface area contributed by atoms with E-state index in [0.717, 1.165) is 66.3 Å².